The fourth-order valence-corrected chi connectivity index (χ4v) is 2.11. The molecule has 0 radical (unpaired) electrons. The maximum absolute atomic E-state index is 2.25. The largest absolute Gasteiger partial charge is 0.323 e. The molecule has 0 aliphatic rings. The van der Waals surface area contributed by atoms with Crippen molar-refractivity contribution in [3.05, 3.63) is 53.3 Å². The zero-order valence-electron chi connectivity index (χ0n) is 10.5. The standard InChI is InChI=1S/C15H19N/c1-11(2)14-8-7-12(3)13(4)15(14)16-9-5-6-10-16/h5-11H,1-4H3. The van der Waals surface area contributed by atoms with Crippen LogP contribution in [0.2, 0.25) is 0 Å². The third kappa shape index (κ3) is 1.78. The fourth-order valence-electron chi connectivity index (χ4n) is 2.11. The van der Waals surface area contributed by atoms with E-state index in [9.17, 15) is 0 Å². The first-order valence-corrected chi connectivity index (χ1v) is 5.84. The molecule has 0 atom stereocenters. The molecule has 2 aromatic rings. The van der Waals surface area contributed by atoms with Crippen molar-refractivity contribution >= 4 is 0 Å². The smallest absolute Gasteiger partial charge is 0.0515 e. The molecule has 1 heterocycles. The maximum atomic E-state index is 2.25. The van der Waals surface area contributed by atoms with Gasteiger partial charge in [0.25, 0.3) is 0 Å². The topological polar surface area (TPSA) is 4.93 Å². The Morgan fingerprint density at radius 2 is 1.62 bits per heavy atom. The summed E-state index contributed by atoms with van der Waals surface area (Å²) in [5.74, 6) is 0.552. The molecule has 1 heteroatoms. The molecule has 0 saturated heterocycles. The molecule has 1 aromatic carbocycles. The van der Waals surface area contributed by atoms with Gasteiger partial charge >= 0.3 is 0 Å². The SMILES string of the molecule is Cc1ccc(C(C)C)c(-n2cccc2)c1C. The van der Waals surface area contributed by atoms with Gasteiger partial charge < -0.3 is 4.57 Å². The summed E-state index contributed by atoms with van der Waals surface area (Å²) in [6, 6.07) is 8.62. The number of aryl methyl sites for hydroxylation is 1. The van der Waals surface area contributed by atoms with Gasteiger partial charge in [-0.05, 0) is 48.6 Å². The molecule has 0 spiro atoms. The molecule has 0 saturated carbocycles. The first-order valence-electron chi connectivity index (χ1n) is 5.84. The number of rotatable bonds is 2. The van der Waals surface area contributed by atoms with Gasteiger partial charge in [0.1, 0.15) is 0 Å². The van der Waals surface area contributed by atoms with Crippen LogP contribution in [0, 0.1) is 13.8 Å². The molecule has 2 rings (SSSR count). The Morgan fingerprint density at radius 3 is 2.19 bits per heavy atom. The summed E-state index contributed by atoms with van der Waals surface area (Å²) >= 11 is 0. The summed E-state index contributed by atoms with van der Waals surface area (Å²) in [5, 5.41) is 0. The predicted octanol–water partition coefficient (Wildman–Crippen LogP) is 4.22. The van der Waals surface area contributed by atoms with Crippen molar-refractivity contribution in [3.8, 4) is 5.69 Å². The molecule has 0 amide bonds. The second-order valence-corrected chi connectivity index (χ2v) is 4.69. The number of nitrogens with zero attached hydrogens (tertiary/aromatic N) is 1. The van der Waals surface area contributed by atoms with E-state index in [1.54, 1.807) is 0 Å². The summed E-state index contributed by atoms with van der Waals surface area (Å²) in [6.45, 7) is 8.87. The number of hydrogen-bond donors (Lipinski definition) is 0. The Labute approximate surface area is 97.7 Å². The maximum Gasteiger partial charge on any atom is 0.0515 e. The molecular formula is C15H19N. The number of benzene rings is 1. The first-order chi connectivity index (χ1) is 7.61. The van der Waals surface area contributed by atoms with E-state index in [0.29, 0.717) is 5.92 Å². The molecule has 16 heavy (non-hydrogen) atoms. The van der Waals surface area contributed by atoms with Gasteiger partial charge in [-0.1, -0.05) is 26.0 Å². The lowest BCUT2D eigenvalue weighted by Gasteiger charge is -2.18. The van der Waals surface area contributed by atoms with Gasteiger partial charge in [0.05, 0.1) is 5.69 Å². The monoisotopic (exact) mass is 213 g/mol. The molecule has 1 nitrogen and oxygen atoms in total. The average Bonchev–Trinajstić information content (AvgIpc) is 2.74. The van der Waals surface area contributed by atoms with Crippen molar-refractivity contribution in [2.24, 2.45) is 0 Å². The summed E-state index contributed by atoms with van der Waals surface area (Å²) in [4.78, 5) is 0. The van der Waals surface area contributed by atoms with Crippen LogP contribution in [-0.2, 0) is 0 Å². The van der Waals surface area contributed by atoms with E-state index >= 15 is 0 Å². The van der Waals surface area contributed by atoms with Crippen LogP contribution in [-0.4, -0.2) is 4.57 Å². The molecule has 84 valence electrons. The first kappa shape index (κ1) is 11.0. The van der Waals surface area contributed by atoms with Crippen LogP contribution >= 0.6 is 0 Å². The van der Waals surface area contributed by atoms with Gasteiger partial charge in [-0.3, -0.25) is 0 Å². The summed E-state index contributed by atoms with van der Waals surface area (Å²) in [6.07, 6.45) is 4.24. The lowest BCUT2D eigenvalue weighted by molar-refractivity contribution is 0.842. The van der Waals surface area contributed by atoms with Crippen LogP contribution in [0.15, 0.2) is 36.7 Å². The van der Waals surface area contributed by atoms with E-state index in [2.05, 4.69) is 68.9 Å². The van der Waals surface area contributed by atoms with Crippen LogP contribution in [0.1, 0.15) is 36.5 Å². The van der Waals surface area contributed by atoms with Gasteiger partial charge in [0.2, 0.25) is 0 Å². The average molecular weight is 213 g/mol. The number of hydrogen-bond acceptors (Lipinski definition) is 0. The lowest BCUT2D eigenvalue weighted by Crippen LogP contribution is -2.03. The molecule has 0 bridgehead atoms. The van der Waals surface area contributed by atoms with E-state index in [0.717, 1.165) is 0 Å². The predicted molar refractivity (Wildman–Crippen MR) is 69.3 cm³/mol. The highest BCUT2D eigenvalue weighted by molar-refractivity contribution is 5.52. The summed E-state index contributed by atoms with van der Waals surface area (Å²) in [5.41, 5.74) is 5.50. The van der Waals surface area contributed by atoms with Crippen molar-refractivity contribution in [3.63, 3.8) is 0 Å². The molecule has 0 aliphatic heterocycles. The van der Waals surface area contributed by atoms with Crippen molar-refractivity contribution in [1.29, 1.82) is 0 Å². The minimum atomic E-state index is 0.552. The Morgan fingerprint density at radius 1 is 1.00 bits per heavy atom. The lowest BCUT2D eigenvalue weighted by atomic mass is 9.95. The zero-order valence-corrected chi connectivity index (χ0v) is 10.5. The number of aromatic nitrogens is 1. The van der Waals surface area contributed by atoms with Crippen molar-refractivity contribution in [2.45, 2.75) is 33.6 Å². The van der Waals surface area contributed by atoms with Gasteiger partial charge in [0, 0.05) is 12.4 Å². The Hall–Kier alpha value is -1.50. The van der Waals surface area contributed by atoms with E-state index in [1.165, 1.54) is 22.4 Å². The highest BCUT2D eigenvalue weighted by Gasteiger charge is 2.11. The van der Waals surface area contributed by atoms with Crippen LogP contribution in [0.4, 0.5) is 0 Å². The van der Waals surface area contributed by atoms with Crippen molar-refractivity contribution in [2.75, 3.05) is 0 Å². The van der Waals surface area contributed by atoms with Gasteiger partial charge in [-0.15, -0.1) is 0 Å². The molecule has 0 N–H and O–H groups in total. The molecule has 0 aliphatic carbocycles. The highest BCUT2D eigenvalue weighted by Crippen LogP contribution is 2.28. The van der Waals surface area contributed by atoms with E-state index in [-0.39, 0.29) is 0 Å². The Balaban J connectivity index is 2.69. The fraction of sp³-hybridized carbons (Fsp3) is 0.333. The Kier molecular flexibility index (Phi) is 2.86. The third-order valence-corrected chi connectivity index (χ3v) is 3.22. The second kappa shape index (κ2) is 4.17. The third-order valence-electron chi connectivity index (χ3n) is 3.22. The van der Waals surface area contributed by atoms with Crippen LogP contribution in [0.25, 0.3) is 5.69 Å². The molecular weight excluding hydrogens is 194 g/mol. The van der Waals surface area contributed by atoms with Crippen molar-refractivity contribution in [1.82, 2.24) is 4.57 Å². The van der Waals surface area contributed by atoms with Crippen molar-refractivity contribution < 1.29 is 0 Å². The van der Waals surface area contributed by atoms with Crippen LogP contribution in [0.5, 0.6) is 0 Å². The minimum absolute atomic E-state index is 0.552. The normalized spacial score (nSPS) is 11.1. The van der Waals surface area contributed by atoms with Crippen LogP contribution in [0.3, 0.4) is 0 Å². The molecule has 1 aromatic heterocycles. The van der Waals surface area contributed by atoms with Gasteiger partial charge in [0.15, 0.2) is 0 Å². The van der Waals surface area contributed by atoms with Crippen LogP contribution < -0.4 is 0 Å². The quantitative estimate of drug-likeness (QED) is 0.704. The van der Waals surface area contributed by atoms with E-state index in [4.69, 9.17) is 0 Å². The van der Waals surface area contributed by atoms with E-state index in [1.807, 2.05) is 0 Å². The summed E-state index contributed by atoms with van der Waals surface area (Å²) in [7, 11) is 0. The summed E-state index contributed by atoms with van der Waals surface area (Å²) < 4.78 is 2.22. The van der Waals surface area contributed by atoms with Gasteiger partial charge in [-0.25, -0.2) is 0 Å². The minimum Gasteiger partial charge on any atom is -0.323 e. The second-order valence-electron chi connectivity index (χ2n) is 4.69. The van der Waals surface area contributed by atoms with Gasteiger partial charge in [-0.2, -0.15) is 0 Å². The Bertz CT molecular complexity index is 478. The highest BCUT2D eigenvalue weighted by atomic mass is 14.9. The molecule has 0 fully saturated rings. The molecule has 0 unspecified atom stereocenters. The van der Waals surface area contributed by atoms with E-state index < -0.39 is 0 Å². The zero-order chi connectivity index (χ0) is 11.7.